The summed E-state index contributed by atoms with van der Waals surface area (Å²) in [7, 11) is 0. The third-order valence-corrected chi connectivity index (χ3v) is 6.96. The highest BCUT2D eigenvalue weighted by Gasteiger charge is 2.39. The zero-order valence-corrected chi connectivity index (χ0v) is 19.0. The van der Waals surface area contributed by atoms with Gasteiger partial charge in [0.25, 0.3) is 0 Å². The molecule has 0 aliphatic heterocycles. The van der Waals surface area contributed by atoms with Gasteiger partial charge in [-0.1, -0.05) is 75.4 Å². The Morgan fingerprint density at radius 2 is 1.66 bits per heavy atom. The number of nitrogen functional groups attached to an aromatic ring is 1. The fourth-order valence-corrected chi connectivity index (χ4v) is 5.09. The molecule has 2 aromatic heterocycles. The lowest BCUT2D eigenvalue weighted by atomic mass is 9.59. The number of nitrogens with zero attached hydrogens (tertiary/aromatic N) is 2. The summed E-state index contributed by atoms with van der Waals surface area (Å²) in [5.74, 6) is 7.76. The average Bonchev–Trinajstić information content (AvgIpc) is 2.77. The zero-order chi connectivity index (χ0) is 22.3. The summed E-state index contributed by atoms with van der Waals surface area (Å²) >= 11 is 0. The van der Waals surface area contributed by atoms with Gasteiger partial charge in [0.1, 0.15) is 5.82 Å². The normalized spacial score (nSPS) is 18.4. The number of hydrogen-bond donors (Lipinski definition) is 2. The Kier molecular flexibility index (Phi) is 5.18. The molecule has 1 saturated carbocycles. The number of nitrogens with two attached hydrogens (primary N) is 1. The number of nitrogens with one attached hydrogen (secondary N) is 1. The molecule has 0 spiro atoms. The van der Waals surface area contributed by atoms with Crippen molar-refractivity contribution in [1.82, 2.24) is 9.97 Å². The molecule has 5 rings (SSSR count). The van der Waals surface area contributed by atoms with Crippen molar-refractivity contribution in [3.05, 3.63) is 78.5 Å². The van der Waals surface area contributed by atoms with Crippen molar-refractivity contribution in [1.29, 1.82) is 0 Å². The number of benzene rings is 2. The number of fused-ring (bicyclic) bond motifs is 1. The molecule has 1 aliphatic carbocycles. The van der Waals surface area contributed by atoms with E-state index in [1.54, 1.807) is 6.20 Å². The quantitative estimate of drug-likeness (QED) is 0.281. The van der Waals surface area contributed by atoms with Gasteiger partial charge in [0.05, 0.1) is 11.2 Å². The molecule has 2 atom stereocenters. The first kappa shape index (κ1) is 20.7. The van der Waals surface area contributed by atoms with Crippen LogP contribution in [0.15, 0.2) is 72.9 Å². The van der Waals surface area contributed by atoms with Crippen LogP contribution in [0.3, 0.4) is 0 Å². The van der Waals surface area contributed by atoms with Gasteiger partial charge in [0.15, 0.2) is 0 Å². The lowest BCUT2D eigenvalue weighted by molar-refractivity contribution is 0.106. The molecule has 2 heterocycles. The van der Waals surface area contributed by atoms with Crippen LogP contribution in [0.2, 0.25) is 0 Å². The van der Waals surface area contributed by atoms with Crippen LogP contribution in [-0.4, -0.2) is 9.97 Å². The Bertz CT molecular complexity index is 1240. The second kappa shape index (κ2) is 8.03. The Balaban J connectivity index is 1.60. The number of pyridine rings is 2. The second-order valence-corrected chi connectivity index (χ2v) is 9.90. The van der Waals surface area contributed by atoms with E-state index in [1.807, 2.05) is 12.1 Å². The first-order valence-corrected chi connectivity index (χ1v) is 11.4. The molecule has 32 heavy (non-hydrogen) atoms. The summed E-state index contributed by atoms with van der Waals surface area (Å²) in [6, 6.07) is 23.5. The van der Waals surface area contributed by atoms with Gasteiger partial charge in [-0.15, -0.1) is 0 Å². The van der Waals surface area contributed by atoms with E-state index < -0.39 is 0 Å². The lowest BCUT2D eigenvalue weighted by Crippen LogP contribution is -2.34. The first-order valence-electron chi connectivity index (χ1n) is 11.4. The van der Waals surface area contributed by atoms with Crippen LogP contribution < -0.4 is 11.3 Å². The van der Waals surface area contributed by atoms with Gasteiger partial charge in [-0.05, 0) is 53.4 Å². The van der Waals surface area contributed by atoms with Gasteiger partial charge < -0.3 is 5.43 Å². The van der Waals surface area contributed by atoms with Crippen LogP contribution in [0.5, 0.6) is 0 Å². The molecule has 3 N–H and O–H groups in total. The van der Waals surface area contributed by atoms with Gasteiger partial charge in [0.2, 0.25) is 0 Å². The molecule has 4 aromatic rings. The highest BCUT2D eigenvalue weighted by atomic mass is 15.2. The fourth-order valence-electron chi connectivity index (χ4n) is 5.09. The summed E-state index contributed by atoms with van der Waals surface area (Å²) in [6.45, 7) is 7.09. The molecule has 4 heteroatoms. The van der Waals surface area contributed by atoms with Crippen LogP contribution in [0.1, 0.15) is 45.1 Å². The summed E-state index contributed by atoms with van der Waals surface area (Å²) < 4.78 is 0. The predicted octanol–water partition coefficient (Wildman–Crippen LogP) is 6.79. The standard InChI is InChI=1S/C28H30N4/c1-28(2,3)24-14-13-21(24)19-9-11-20(12-10-19)26-22(18-7-5-4-6-8-18)17-23-25(31-26)15-16-30-27(23)32-29/h4-12,15-17,21,24H,13-14,29H2,1-3H3,(H,30,32). The fraction of sp³-hybridized carbons (Fsp3) is 0.286. The number of rotatable bonds is 4. The molecule has 162 valence electrons. The largest absolute Gasteiger partial charge is 0.308 e. The topological polar surface area (TPSA) is 63.8 Å². The summed E-state index contributed by atoms with van der Waals surface area (Å²) in [5, 5.41) is 0.914. The van der Waals surface area contributed by atoms with E-state index >= 15 is 0 Å². The monoisotopic (exact) mass is 422 g/mol. The van der Waals surface area contributed by atoms with Crippen molar-refractivity contribution in [2.45, 2.75) is 39.5 Å². The van der Waals surface area contributed by atoms with Gasteiger partial charge in [0, 0.05) is 22.7 Å². The van der Waals surface area contributed by atoms with E-state index in [1.165, 1.54) is 18.4 Å². The minimum Gasteiger partial charge on any atom is -0.308 e. The Hall–Kier alpha value is -3.24. The van der Waals surface area contributed by atoms with E-state index in [0.717, 1.165) is 39.2 Å². The van der Waals surface area contributed by atoms with Gasteiger partial charge in [-0.3, -0.25) is 0 Å². The van der Waals surface area contributed by atoms with Crippen molar-refractivity contribution in [2.24, 2.45) is 17.2 Å². The SMILES string of the molecule is CC(C)(C)C1CCC1c1ccc(-c2nc3ccnc(NN)c3cc2-c2ccccc2)cc1. The van der Waals surface area contributed by atoms with Crippen molar-refractivity contribution in [2.75, 3.05) is 5.43 Å². The van der Waals surface area contributed by atoms with Crippen LogP contribution in [-0.2, 0) is 0 Å². The van der Waals surface area contributed by atoms with E-state index in [-0.39, 0.29) is 0 Å². The lowest BCUT2D eigenvalue weighted by Gasteiger charge is -2.45. The Morgan fingerprint density at radius 1 is 0.906 bits per heavy atom. The van der Waals surface area contributed by atoms with E-state index in [2.05, 4.69) is 85.8 Å². The Labute approximate surface area is 189 Å². The van der Waals surface area contributed by atoms with Crippen LogP contribution in [0.25, 0.3) is 33.3 Å². The summed E-state index contributed by atoms with van der Waals surface area (Å²) in [5.41, 5.74) is 9.68. The number of aromatic nitrogens is 2. The molecule has 0 bridgehead atoms. The molecule has 0 amide bonds. The summed E-state index contributed by atoms with van der Waals surface area (Å²) in [4.78, 5) is 9.42. The van der Waals surface area contributed by atoms with Crippen LogP contribution >= 0.6 is 0 Å². The predicted molar refractivity (Wildman–Crippen MR) is 133 cm³/mol. The highest BCUT2D eigenvalue weighted by Crippen LogP contribution is 2.51. The third-order valence-electron chi connectivity index (χ3n) is 6.96. The maximum atomic E-state index is 5.72. The van der Waals surface area contributed by atoms with Crippen molar-refractivity contribution in [3.8, 4) is 22.4 Å². The maximum absolute atomic E-state index is 5.72. The minimum atomic E-state index is 0.352. The van der Waals surface area contributed by atoms with Crippen molar-refractivity contribution >= 4 is 16.7 Å². The average molecular weight is 423 g/mol. The molecular formula is C28H30N4. The van der Waals surface area contributed by atoms with Crippen molar-refractivity contribution < 1.29 is 0 Å². The molecule has 0 radical (unpaired) electrons. The van der Waals surface area contributed by atoms with E-state index in [9.17, 15) is 0 Å². The van der Waals surface area contributed by atoms with Crippen molar-refractivity contribution in [3.63, 3.8) is 0 Å². The smallest absolute Gasteiger partial charge is 0.149 e. The number of hydrogen-bond acceptors (Lipinski definition) is 4. The molecule has 2 unspecified atom stereocenters. The summed E-state index contributed by atoms with van der Waals surface area (Å²) in [6.07, 6.45) is 4.35. The van der Waals surface area contributed by atoms with Gasteiger partial charge in [-0.2, -0.15) is 0 Å². The molecular weight excluding hydrogens is 392 g/mol. The number of anilines is 1. The molecule has 1 aliphatic rings. The molecule has 4 nitrogen and oxygen atoms in total. The second-order valence-electron chi connectivity index (χ2n) is 9.90. The highest BCUT2D eigenvalue weighted by molar-refractivity contribution is 5.96. The first-order chi connectivity index (χ1) is 15.5. The van der Waals surface area contributed by atoms with Crippen LogP contribution in [0.4, 0.5) is 5.82 Å². The minimum absolute atomic E-state index is 0.352. The maximum Gasteiger partial charge on any atom is 0.149 e. The van der Waals surface area contributed by atoms with Gasteiger partial charge >= 0.3 is 0 Å². The van der Waals surface area contributed by atoms with Crippen LogP contribution in [0, 0.1) is 11.3 Å². The number of hydrazine groups is 1. The zero-order valence-electron chi connectivity index (χ0n) is 19.0. The van der Waals surface area contributed by atoms with E-state index in [0.29, 0.717) is 17.2 Å². The van der Waals surface area contributed by atoms with Gasteiger partial charge in [-0.25, -0.2) is 15.8 Å². The van der Waals surface area contributed by atoms with E-state index in [4.69, 9.17) is 10.8 Å². The molecule has 2 aromatic carbocycles. The third kappa shape index (κ3) is 3.65. The molecule has 1 fully saturated rings. The molecule has 0 saturated heterocycles. The Morgan fingerprint density at radius 3 is 2.28 bits per heavy atom.